The number of urea groups is 1. The highest BCUT2D eigenvalue weighted by Crippen LogP contribution is 2.36. The number of rotatable bonds is 3. The van der Waals surface area contributed by atoms with Gasteiger partial charge in [-0.15, -0.1) is 0 Å². The lowest BCUT2D eigenvalue weighted by Crippen LogP contribution is -2.41. The lowest BCUT2D eigenvalue weighted by atomic mass is 10.1. The van der Waals surface area contributed by atoms with Gasteiger partial charge in [-0.3, -0.25) is 10.1 Å². The van der Waals surface area contributed by atoms with E-state index in [9.17, 15) is 22.8 Å². The maximum Gasteiger partial charge on any atom is 0.417 e. The normalized spacial score (nSPS) is 12.2. The number of aryl methyl sites for hydroxylation is 1. The summed E-state index contributed by atoms with van der Waals surface area (Å²) < 4.78 is 39.0. The van der Waals surface area contributed by atoms with Crippen molar-refractivity contribution in [2.75, 3.05) is 7.05 Å². The summed E-state index contributed by atoms with van der Waals surface area (Å²) in [4.78, 5) is 26.7. The second-order valence-electron chi connectivity index (χ2n) is 4.43. The van der Waals surface area contributed by atoms with Gasteiger partial charge in [0, 0.05) is 12.7 Å². The molecular weight excluding hydrogens is 333 g/mol. The van der Waals surface area contributed by atoms with Crippen LogP contribution in [0.3, 0.4) is 0 Å². The van der Waals surface area contributed by atoms with Crippen LogP contribution in [0.4, 0.5) is 18.0 Å². The molecule has 23 heavy (non-hydrogen) atoms. The Labute approximate surface area is 134 Å². The third-order valence-corrected chi connectivity index (χ3v) is 3.74. The Hall–Kier alpha value is -2.28. The highest BCUT2D eigenvalue weighted by molar-refractivity contribution is 8.00. The second kappa shape index (κ2) is 7.32. The van der Waals surface area contributed by atoms with Crippen LogP contribution in [0.2, 0.25) is 0 Å². The van der Waals surface area contributed by atoms with Crippen molar-refractivity contribution >= 4 is 23.7 Å². The number of alkyl halides is 3. The minimum absolute atomic E-state index is 0.0673. The zero-order chi connectivity index (χ0) is 17.8. The fraction of sp³-hybridized carbons (Fsp3) is 0.385. The van der Waals surface area contributed by atoms with Crippen molar-refractivity contribution in [3.8, 4) is 6.07 Å². The fourth-order valence-corrected chi connectivity index (χ4v) is 2.53. The first-order valence-corrected chi connectivity index (χ1v) is 7.16. The number of halogens is 3. The van der Waals surface area contributed by atoms with E-state index < -0.39 is 34.5 Å². The molecule has 1 aromatic rings. The first kappa shape index (κ1) is 18.8. The highest BCUT2D eigenvalue weighted by Gasteiger charge is 2.36. The molecule has 124 valence electrons. The molecule has 0 aromatic carbocycles. The number of nitrogens with one attached hydrogen (secondary N) is 2. The van der Waals surface area contributed by atoms with Gasteiger partial charge in [0.05, 0.1) is 16.4 Å². The Kier molecular flexibility index (Phi) is 5.98. The number of imide groups is 1. The van der Waals surface area contributed by atoms with Crippen LogP contribution >= 0.6 is 11.8 Å². The molecule has 6 nitrogen and oxygen atoms in total. The van der Waals surface area contributed by atoms with Crippen LogP contribution in [0.25, 0.3) is 0 Å². The molecule has 10 heteroatoms. The van der Waals surface area contributed by atoms with Crippen LogP contribution in [-0.4, -0.2) is 29.2 Å². The lowest BCUT2D eigenvalue weighted by Gasteiger charge is -2.15. The number of nitrogens with zero attached hydrogens (tertiary/aromatic N) is 2. The molecule has 3 amide bonds. The van der Waals surface area contributed by atoms with Crippen LogP contribution in [0.1, 0.15) is 23.7 Å². The largest absolute Gasteiger partial charge is 0.417 e. The predicted octanol–water partition coefficient (Wildman–Crippen LogP) is 2.22. The lowest BCUT2D eigenvalue weighted by molar-refractivity contribution is -0.138. The maximum absolute atomic E-state index is 13.0. The number of thioether (sulfide) groups is 1. The topological polar surface area (TPSA) is 94.9 Å². The van der Waals surface area contributed by atoms with E-state index in [1.165, 1.54) is 27.0 Å². The van der Waals surface area contributed by atoms with Crippen molar-refractivity contribution in [2.45, 2.75) is 30.3 Å². The van der Waals surface area contributed by atoms with Gasteiger partial charge >= 0.3 is 12.2 Å². The Morgan fingerprint density at radius 1 is 1.43 bits per heavy atom. The molecule has 1 heterocycles. The molecule has 1 rings (SSSR count). The zero-order valence-corrected chi connectivity index (χ0v) is 13.2. The standard InChI is InChI=1S/C13H13F3N4O2S/c1-6-4-9(13(14,15)16)8(5-17)11(19-6)23-7(2)10(21)20-12(22)18-3/h4,7H,1-3H3,(H2,18,20,21,22)/t7-/m1/s1. The molecule has 1 aromatic heterocycles. The molecule has 0 unspecified atom stereocenters. The Morgan fingerprint density at radius 2 is 2.04 bits per heavy atom. The van der Waals surface area contributed by atoms with Crippen LogP contribution < -0.4 is 10.6 Å². The summed E-state index contributed by atoms with van der Waals surface area (Å²) in [5.41, 5.74) is -1.68. The predicted molar refractivity (Wildman–Crippen MR) is 76.6 cm³/mol. The van der Waals surface area contributed by atoms with E-state index >= 15 is 0 Å². The SMILES string of the molecule is CNC(=O)NC(=O)[C@@H](C)Sc1nc(C)cc(C(F)(F)F)c1C#N. The molecule has 1 atom stereocenters. The van der Waals surface area contributed by atoms with Crippen molar-refractivity contribution in [3.63, 3.8) is 0 Å². The maximum atomic E-state index is 13.0. The van der Waals surface area contributed by atoms with Gasteiger partial charge in [-0.05, 0) is 19.9 Å². The van der Waals surface area contributed by atoms with Crippen LogP contribution in [0.5, 0.6) is 0 Å². The average molecular weight is 346 g/mol. The summed E-state index contributed by atoms with van der Waals surface area (Å²) in [6.45, 7) is 2.75. The van der Waals surface area contributed by atoms with Crippen molar-refractivity contribution in [1.82, 2.24) is 15.6 Å². The number of carbonyl (C=O) groups is 2. The van der Waals surface area contributed by atoms with Crippen molar-refractivity contribution < 1.29 is 22.8 Å². The Balaban J connectivity index is 3.14. The van der Waals surface area contributed by atoms with Crippen LogP contribution in [0, 0.1) is 18.3 Å². The number of amides is 3. The van der Waals surface area contributed by atoms with Gasteiger partial charge in [0.25, 0.3) is 0 Å². The molecule has 0 spiro atoms. The van der Waals surface area contributed by atoms with E-state index in [4.69, 9.17) is 5.26 Å². The minimum atomic E-state index is -4.71. The quantitative estimate of drug-likeness (QED) is 0.818. The second-order valence-corrected chi connectivity index (χ2v) is 5.76. The van der Waals surface area contributed by atoms with Crippen LogP contribution in [-0.2, 0) is 11.0 Å². The molecule has 0 aliphatic rings. The van der Waals surface area contributed by atoms with Gasteiger partial charge in [0.2, 0.25) is 5.91 Å². The van der Waals surface area contributed by atoms with Gasteiger partial charge in [-0.25, -0.2) is 9.78 Å². The molecule has 0 saturated carbocycles. The van der Waals surface area contributed by atoms with Crippen molar-refractivity contribution in [1.29, 1.82) is 5.26 Å². The Bertz CT molecular complexity index is 670. The van der Waals surface area contributed by atoms with E-state index in [1.54, 1.807) is 0 Å². The van der Waals surface area contributed by atoms with Gasteiger partial charge in [0.15, 0.2) is 0 Å². The number of hydrogen-bond donors (Lipinski definition) is 2. The van der Waals surface area contributed by atoms with Crippen molar-refractivity contribution in [3.05, 3.63) is 22.9 Å². The molecule has 0 fully saturated rings. The van der Waals surface area contributed by atoms with E-state index in [0.29, 0.717) is 11.8 Å². The summed E-state index contributed by atoms with van der Waals surface area (Å²) in [6.07, 6.45) is -4.71. The number of pyridine rings is 1. The summed E-state index contributed by atoms with van der Waals surface area (Å²) >= 11 is 0.674. The van der Waals surface area contributed by atoms with E-state index in [1.807, 2.05) is 5.32 Å². The van der Waals surface area contributed by atoms with E-state index in [2.05, 4.69) is 10.3 Å². The summed E-state index contributed by atoms with van der Waals surface area (Å²) in [7, 11) is 1.31. The smallest absolute Gasteiger partial charge is 0.341 e. The fourth-order valence-electron chi connectivity index (χ4n) is 1.56. The summed E-state index contributed by atoms with van der Waals surface area (Å²) in [5.74, 6) is -0.713. The highest BCUT2D eigenvalue weighted by atomic mass is 32.2. The molecule has 0 bridgehead atoms. The summed E-state index contributed by atoms with van der Waals surface area (Å²) in [5, 5.41) is 12.1. The number of nitriles is 1. The van der Waals surface area contributed by atoms with Gasteiger partial charge < -0.3 is 5.32 Å². The molecule has 0 radical (unpaired) electrons. The van der Waals surface area contributed by atoms with Crippen LogP contribution in [0.15, 0.2) is 11.1 Å². The van der Waals surface area contributed by atoms with E-state index in [0.717, 1.165) is 6.07 Å². The van der Waals surface area contributed by atoms with Gasteiger partial charge in [-0.1, -0.05) is 11.8 Å². The third-order valence-electron chi connectivity index (χ3n) is 2.65. The molecule has 0 aliphatic carbocycles. The molecule has 0 saturated heterocycles. The Morgan fingerprint density at radius 3 is 2.52 bits per heavy atom. The number of hydrogen-bond acceptors (Lipinski definition) is 5. The van der Waals surface area contributed by atoms with Crippen molar-refractivity contribution in [2.24, 2.45) is 0 Å². The van der Waals surface area contributed by atoms with Gasteiger partial charge in [-0.2, -0.15) is 18.4 Å². The molecule has 2 N–H and O–H groups in total. The van der Waals surface area contributed by atoms with E-state index in [-0.39, 0.29) is 10.7 Å². The monoisotopic (exact) mass is 346 g/mol. The zero-order valence-electron chi connectivity index (χ0n) is 12.4. The number of aromatic nitrogens is 1. The molecule has 0 aliphatic heterocycles. The first-order valence-electron chi connectivity index (χ1n) is 6.28. The summed E-state index contributed by atoms with van der Waals surface area (Å²) in [6, 6.07) is 1.52. The average Bonchev–Trinajstić information content (AvgIpc) is 2.45. The number of carbonyl (C=O) groups excluding carboxylic acids is 2. The third kappa shape index (κ3) is 4.85. The first-order chi connectivity index (χ1) is 10.6. The molecular formula is C13H13F3N4O2S. The van der Waals surface area contributed by atoms with Gasteiger partial charge in [0.1, 0.15) is 11.1 Å². The minimum Gasteiger partial charge on any atom is -0.341 e.